The summed E-state index contributed by atoms with van der Waals surface area (Å²) in [5.41, 5.74) is 2.28. The number of para-hydroxylation sites is 1. The van der Waals surface area contributed by atoms with Crippen LogP contribution in [0.4, 0.5) is 10.5 Å². The molecule has 1 amide bonds. The van der Waals surface area contributed by atoms with Gasteiger partial charge in [-0.3, -0.25) is 5.32 Å². The van der Waals surface area contributed by atoms with E-state index in [1.54, 1.807) is 25.1 Å². The fourth-order valence-corrected chi connectivity index (χ4v) is 3.03. The number of ether oxygens (including phenoxy) is 1. The molecular weight excluding hydrogens is 382 g/mol. The van der Waals surface area contributed by atoms with E-state index < -0.39 is 6.09 Å². The lowest BCUT2D eigenvalue weighted by Crippen LogP contribution is -2.18. The molecule has 2 aromatic heterocycles. The number of nitrogens with zero attached hydrogens (tertiary/aromatic N) is 3. The van der Waals surface area contributed by atoms with Crippen LogP contribution >= 0.6 is 11.6 Å². The molecule has 1 unspecified atom stereocenters. The van der Waals surface area contributed by atoms with E-state index in [-0.39, 0.29) is 17.9 Å². The van der Waals surface area contributed by atoms with Crippen molar-refractivity contribution < 1.29 is 14.3 Å². The predicted octanol–water partition coefficient (Wildman–Crippen LogP) is 4.06. The smallest absolute Gasteiger partial charge is 0.411 e. The molecule has 8 nitrogen and oxygen atoms in total. The van der Waals surface area contributed by atoms with Gasteiger partial charge in [0.05, 0.1) is 11.4 Å². The van der Waals surface area contributed by atoms with Crippen molar-refractivity contribution in [3.8, 4) is 11.4 Å². The number of carbonyl (C=O) groups is 2. The Labute approximate surface area is 167 Å². The van der Waals surface area contributed by atoms with Crippen LogP contribution in [0.15, 0.2) is 24.3 Å². The summed E-state index contributed by atoms with van der Waals surface area (Å²) in [6, 6.07) is 7.15. The summed E-state index contributed by atoms with van der Waals surface area (Å²) in [7, 11) is 0. The molecule has 3 aromatic rings. The highest BCUT2D eigenvalue weighted by atomic mass is 35.5. The maximum atomic E-state index is 12.0. The van der Waals surface area contributed by atoms with Crippen molar-refractivity contribution >= 4 is 35.3 Å². The molecule has 1 atom stereocenters. The normalized spacial score (nSPS) is 12.8. The second-order valence-corrected chi connectivity index (χ2v) is 7.98. The summed E-state index contributed by atoms with van der Waals surface area (Å²) in [4.78, 5) is 25.8. The molecule has 2 heterocycles. The fourth-order valence-electron chi connectivity index (χ4n) is 2.59. The van der Waals surface area contributed by atoms with Crippen LogP contribution in [0.5, 0.6) is 0 Å². The van der Waals surface area contributed by atoms with Gasteiger partial charge in [-0.2, -0.15) is 5.10 Å². The number of anilines is 1. The SMILES string of the molecule is CC(C=O)COC(=O)Nc1ccccc1-c1nn2nc(C(C)(C)C)c(Cl)c2[nH]1. The Bertz CT molecular complexity index is 1020. The summed E-state index contributed by atoms with van der Waals surface area (Å²) < 4.78 is 6.51. The molecule has 3 rings (SSSR count). The Kier molecular flexibility index (Phi) is 5.42. The van der Waals surface area contributed by atoms with Crippen molar-refractivity contribution in [2.75, 3.05) is 11.9 Å². The summed E-state index contributed by atoms with van der Waals surface area (Å²) in [5.74, 6) is 0.139. The van der Waals surface area contributed by atoms with E-state index in [0.717, 1.165) is 12.0 Å². The number of nitrogens with one attached hydrogen (secondary N) is 2. The van der Waals surface area contributed by atoms with E-state index in [1.807, 2.05) is 26.8 Å². The standard InChI is InChI=1S/C19H22ClN5O3/c1-11(9-26)10-28-18(27)21-13-8-6-5-7-12(13)16-22-17-14(20)15(19(2,3)4)23-25(17)24-16/h5-9,11H,10H2,1-4H3,(H,21,27)(H,22,24). The number of H-pyrrole nitrogens is 1. The molecule has 0 aliphatic carbocycles. The topological polar surface area (TPSA) is 101 Å². The predicted molar refractivity (Wildman–Crippen MR) is 107 cm³/mol. The molecule has 148 valence electrons. The van der Waals surface area contributed by atoms with Gasteiger partial charge in [0, 0.05) is 16.9 Å². The Morgan fingerprint density at radius 2 is 2.07 bits per heavy atom. The number of aromatic amines is 1. The molecular formula is C19H22ClN5O3. The first kappa shape index (κ1) is 19.9. The lowest BCUT2D eigenvalue weighted by atomic mass is 9.92. The first-order valence-electron chi connectivity index (χ1n) is 8.84. The van der Waals surface area contributed by atoms with Crippen molar-refractivity contribution in [3.05, 3.63) is 35.0 Å². The van der Waals surface area contributed by atoms with Gasteiger partial charge < -0.3 is 14.5 Å². The van der Waals surface area contributed by atoms with Gasteiger partial charge in [0.1, 0.15) is 17.9 Å². The molecule has 0 aliphatic rings. The molecule has 9 heteroatoms. The van der Waals surface area contributed by atoms with Gasteiger partial charge in [0.2, 0.25) is 0 Å². The molecule has 0 fully saturated rings. The Balaban J connectivity index is 1.88. The molecule has 0 saturated heterocycles. The quantitative estimate of drug-likeness (QED) is 0.625. The van der Waals surface area contributed by atoms with E-state index in [9.17, 15) is 9.59 Å². The monoisotopic (exact) mass is 403 g/mol. The highest BCUT2D eigenvalue weighted by Gasteiger charge is 2.25. The van der Waals surface area contributed by atoms with Crippen LogP contribution < -0.4 is 5.32 Å². The molecule has 2 N–H and O–H groups in total. The Morgan fingerprint density at radius 3 is 2.71 bits per heavy atom. The largest absolute Gasteiger partial charge is 0.449 e. The maximum Gasteiger partial charge on any atom is 0.411 e. The van der Waals surface area contributed by atoms with Crippen LogP contribution in [0, 0.1) is 5.92 Å². The molecule has 0 bridgehead atoms. The first-order valence-corrected chi connectivity index (χ1v) is 9.22. The van der Waals surface area contributed by atoms with E-state index >= 15 is 0 Å². The minimum Gasteiger partial charge on any atom is -0.449 e. The third-order valence-corrected chi connectivity index (χ3v) is 4.44. The highest BCUT2D eigenvalue weighted by molar-refractivity contribution is 6.34. The number of amides is 1. The second-order valence-electron chi connectivity index (χ2n) is 7.61. The third kappa shape index (κ3) is 4.01. The fraction of sp³-hybridized carbons (Fsp3) is 0.368. The minimum atomic E-state index is -0.648. The molecule has 0 spiro atoms. The van der Waals surface area contributed by atoms with Crippen LogP contribution in [-0.4, -0.2) is 38.8 Å². The van der Waals surface area contributed by atoms with Gasteiger partial charge in [-0.1, -0.05) is 51.4 Å². The van der Waals surface area contributed by atoms with Gasteiger partial charge in [-0.25, -0.2) is 4.79 Å². The van der Waals surface area contributed by atoms with Crippen LogP contribution in [0.25, 0.3) is 17.0 Å². The maximum absolute atomic E-state index is 12.0. The third-order valence-electron chi connectivity index (χ3n) is 4.08. The van der Waals surface area contributed by atoms with Crippen molar-refractivity contribution in [2.24, 2.45) is 5.92 Å². The van der Waals surface area contributed by atoms with Crippen molar-refractivity contribution in [3.63, 3.8) is 0 Å². The summed E-state index contributed by atoms with van der Waals surface area (Å²) >= 11 is 6.48. The average Bonchev–Trinajstić information content (AvgIpc) is 3.19. The lowest BCUT2D eigenvalue weighted by molar-refractivity contribution is -0.111. The van der Waals surface area contributed by atoms with E-state index in [1.165, 1.54) is 4.63 Å². The van der Waals surface area contributed by atoms with Gasteiger partial charge >= 0.3 is 6.09 Å². The van der Waals surface area contributed by atoms with Crippen molar-refractivity contribution in [2.45, 2.75) is 33.1 Å². The number of hydrogen-bond acceptors (Lipinski definition) is 5. The summed E-state index contributed by atoms with van der Waals surface area (Å²) in [6.07, 6.45) is 0.0839. The van der Waals surface area contributed by atoms with Crippen LogP contribution in [0.2, 0.25) is 5.02 Å². The van der Waals surface area contributed by atoms with Gasteiger partial charge in [0.15, 0.2) is 11.5 Å². The molecule has 0 radical (unpaired) electrons. The van der Waals surface area contributed by atoms with Gasteiger partial charge in [0.25, 0.3) is 0 Å². The second kappa shape index (κ2) is 7.63. The van der Waals surface area contributed by atoms with Crippen LogP contribution in [0.1, 0.15) is 33.4 Å². The van der Waals surface area contributed by atoms with Crippen molar-refractivity contribution in [1.29, 1.82) is 0 Å². The van der Waals surface area contributed by atoms with Gasteiger partial charge in [-0.15, -0.1) is 9.73 Å². The Hall–Kier alpha value is -2.87. The van der Waals surface area contributed by atoms with E-state index in [4.69, 9.17) is 16.3 Å². The van der Waals surface area contributed by atoms with Crippen molar-refractivity contribution in [1.82, 2.24) is 19.8 Å². The highest BCUT2D eigenvalue weighted by Crippen LogP contribution is 2.33. The summed E-state index contributed by atoms with van der Waals surface area (Å²) in [5, 5.41) is 12.1. The van der Waals surface area contributed by atoms with E-state index in [0.29, 0.717) is 27.7 Å². The van der Waals surface area contributed by atoms with Gasteiger partial charge in [-0.05, 0) is 12.1 Å². The van der Waals surface area contributed by atoms with Crippen LogP contribution in [0.3, 0.4) is 0 Å². The zero-order valence-electron chi connectivity index (χ0n) is 16.1. The van der Waals surface area contributed by atoms with Crippen LogP contribution in [-0.2, 0) is 14.9 Å². The number of benzene rings is 1. The average molecular weight is 404 g/mol. The molecule has 0 saturated carbocycles. The number of halogens is 1. The number of hydrogen-bond donors (Lipinski definition) is 2. The molecule has 28 heavy (non-hydrogen) atoms. The van der Waals surface area contributed by atoms with E-state index in [2.05, 4.69) is 20.5 Å². The summed E-state index contributed by atoms with van der Waals surface area (Å²) in [6.45, 7) is 7.76. The lowest BCUT2D eigenvalue weighted by Gasteiger charge is -2.14. The first-order chi connectivity index (χ1) is 13.2. The Morgan fingerprint density at radius 1 is 1.36 bits per heavy atom. The molecule has 0 aliphatic heterocycles. The number of carbonyl (C=O) groups excluding carboxylic acids is 2. The number of aromatic nitrogens is 4. The molecule has 1 aromatic carbocycles. The number of fused-ring (bicyclic) bond motifs is 1. The number of aldehydes is 1. The minimum absolute atomic E-state index is 0.0112. The number of rotatable bonds is 5. The zero-order chi connectivity index (χ0) is 20.5. The zero-order valence-corrected chi connectivity index (χ0v) is 16.9.